The fourth-order valence-electron chi connectivity index (χ4n) is 1.66. The van der Waals surface area contributed by atoms with Crippen LogP contribution in [0.25, 0.3) is 0 Å². The van der Waals surface area contributed by atoms with Crippen molar-refractivity contribution in [3.8, 4) is 0 Å². The number of hydrogen-bond donors (Lipinski definition) is 1. The average Bonchev–Trinajstić information content (AvgIpc) is 2.36. The number of carbonyl (C=O) groups is 2. The molecule has 1 N–H and O–H groups in total. The molecule has 0 bridgehead atoms. The molecule has 0 aromatic heterocycles. The largest absolute Gasteiger partial charge is 0.467 e. The zero-order valence-corrected chi connectivity index (χ0v) is 10.6. The molecule has 0 saturated carbocycles. The second-order valence-electron chi connectivity index (χ2n) is 3.87. The minimum absolute atomic E-state index is 0.00338. The fraction of sp³-hybridized carbons (Fsp3) is 0.333. The van der Waals surface area contributed by atoms with Crippen LogP contribution in [0.4, 0.5) is 5.69 Å². The molecule has 102 valence electrons. The number of benzene rings is 1. The second-order valence-corrected chi connectivity index (χ2v) is 3.87. The van der Waals surface area contributed by atoms with Crippen molar-refractivity contribution in [2.45, 2.75) is 19.4 Å². The van der Waals surface area contributed by atoms with E-state index in [1.165, 1.54) is 32.2 Å². The van der Waals surface area contributed by atoms with Crippen LogP contribution in [0.15, 0.2) is 24.3 Å². The Morgan fingerprint density at radius 3 is 2.58 bits per heavy atom. The summed E-state index contributed by atoms with van der Waals surface area (Å²) < 4.78 is 4.56. The first-order valence-corrected chi connectivity index (χ1v) is 5.53. The molecule has 7 heteroatoms. The summed E-state index contributed by atoms with van der Waals surface area (Å²) in [5, 5.41) is 13.3. The van der Waals surface area contributed by atoms with E-state index in [-0.39, 0.29) is 12.1 Å². The van der Waals surface area contributed by atoms with Gasteiger partial charge in [0.25, 0.3) is 5.69 Å². The predicted molar refractivity (Wildman–Crippen MR) is 66.4 cm³/mol. The standard InChI is InChI=1S/C12H14N2O5/c1-8(15)13-10(12(16)19-2)7-9-5-3-4-6-11(9)14(17)18/h3-6,10H,7H2,1-2H3,(H,13,15). The molecule has 7 nitrogen and oxygen atoms in total. The normalized spacial score (nSPS) is 11.5. The van der Waals surface area contributed by atoms with Crippen molar-refractivity contribution in [2.75, 3.05) is 7.11 Å². The van der Waals surface area contributed by atoms with Crippen molar-refractivity contribution in [2.24, 2.45) is 0 Å². The molecular weight excluding hydrogens is 252 g/mol. The topological polar surface area (TPSA) is 98.5 Å². The summed E-state index contributed by atoms with van der Waals surface area (Å²) in [5.41, 5.74) is 0.262. The van der Waals surface area contributed by atoms with Gasteiger partial charge in [0.05, 0.1) is 12.0 Å². The maximum Gasteiger partial charge on any atom is 0.328 e. The zero-order chi connectivity index (χ0) is 14.4. The molecule has 0 fully saturated rings. The van der Waals surface area contributed by atoms with Gasteiger partial charge in [-0.1, -0.05) is 18.2 Å². The number of nitro groups is 1. The third kappa shape index (κ3) is 4.06. The van der Waals surface area contributed by atoms with E-state index < -0.39 is 22.8 Å². The summed E-state index contributed by atoms with van der Waals surface area (Å²) in [5.74, 6) is -1.05. The highest BCUT2D eigenvalue weighted by molar-refractivity contribution is 5.83. The van der Waals surface area contributed by atoms with Crippen molar-refractivity contribution in [1.29, 1.82) is 0 Å². The summed E-state index contributed by atoms with van der Waals surface area (Å²) in [6, 6.07) is 5.11. The first-order chi connectivity index (χ1) is 8.95. The van der Waals surface area contributed by atoms with Gasteiger partial charge < -0.3 is 10.1 Å². The molecule has 1 atom stereocenters. The molecule has 19 heavy (non-hydrogen) atoms. The Kier molecular flexibility index (Phi) is 4.99. The molecule has 0 saturated heterocycles. The molecule has 1 rings (SSSR count). The molecule has 1 aromatic rings. The minimum Gasteiger partial charge on any atom is -0.467 e. The monoisotopic (exact) mass is 266 g/mol. The fourth-order valence-corrected chi connectivity index (χ4v) is 1.66. The number of amides is 1. The van der Waals surface area contributed by atoms with Crippen molar-refractivity contribution >= 4 is 17.6 Å². The molecular formula is C12H14N2O5. The third-order valence-corrected chi connectivity index (χ3v) is 2.48. The van der Waals surface area contributed by atoms with Gasteiger partial charge in [0.15, 0.2) is 0 Å². The van der Waals surface area contributed by atoms with Crippen LogP contribution in [-0.2, 0) is 20.7 Å². The van der Waals surface area contributed by atoms with E-state index in [4.69, 9.17) is 0 Å². The lowest BCUT2D eigenvalue weighted by Crippen LogP contribution is -2.42. The molecule has 0 heterocycles. The number of nitrogens with one attached hydrogen (secondary N) is 1. The molecule has 0 spiro atoms. The smallest absolute Gasteiger partial charge is 0.328 e. The van der Waals surface area contributed by atoms with Gasteiger partial charge in [0, 0.05) is 25.0 Å². The maximum atomic E-state index is 11.5. The third-order valence-electron chi connectivity index (χ3n) is 2.48. The van der Waals surface area contributed by atoms with Crippen LogP contribution < -0.4 is 5.32 Å². The second kappa shape index (κ2) is 6.48. The van der Waals surface area contributed by atoms with Crippen LogP contribution >= 0.6 is 0 Å². The van der Waals surface area contributed by atoms with Crippen LogP contribution in [0.1, 0.15) is 12.5 Å². The lowest BCUT2D eigenvalue weighted by Gasteiger charge is -2.15. The van der Waals surface area contributed by atoms with Gasteiger partial charge in [-0.15, -0.1) is 0 Å². The Bertz CT molecular complexity index is 501. The number of carbonyl (C=O) groups excluding carboxylic acids is 2. The first kappa shape index (κ1) is 14.6. The average molecular weight is 266 g/mol. The Labute approximate surface area is 109 Å². The van der Waals surface area contributed by atoms with E-state index in [1.54, 1.807) is 6.07 Å². The van der Waals surface area contributed by atoms with Crippen molar-refractivity contribution in [3.63, 3.8) is 0 Å². The highest BCUT2D eigenvalue weighted by Crippen LogP contribution is 2.19. The van der Waals surface area contributed by atoms with Crippen LogP contribution in [0, 0.1) is 10.1 Å². The molecule has 0 aliphatic carbocycles. The molecule has 1 aromatic carbocycles. The van der Waals surface area contributed by atoms with E-state index in [9.17, 15) is 19.7 Å². The zero-order valence-electron chi connectivity index (χ0n) is 10.6. The van der Waals surface area contributed by atoms with Gasteiger partial charge in [-0.05, 0) is 0 Å². The number of para-hydroxylation sites is 1. The maximum absolute atomic E-state index is 11.5. The number of methoxy groups -OCH3 is 1. The molecule has 1 amide bonds. The highest BCUT2D eigenvalue weighted by Gasteiger charge is 2.24. The van der Waals surface area contributed by atoms with Gasteiger partial charge in [0.2, 0.25) is 5.91 Å². The quantitative estimate of drug-likeness (QED) is 0.483. The number of nitrogens with zero attached hydrogens (tertiary/aromatic N) is 1. The molecule has 1 unspecified atom stereocenters. The van der Waals surface area contributed by atoms with E-state index in [0.29, 0.717) is 5.56 Å². The van der Waals surface area contributed by atoms with Gasteiger partial charge in [0.1, 0.15) is 6.04 Å². The van der Waals surface area contributed by atoms with Crippen molar-refractivity contribution in [1.82, 2.24) is 5.32 Å². The van der Waals surface area contributed by atoms with Crippen LogP contribution in [-0.4, -0.2) is 30.0 Å². The van der Waals surface area contributed by atoms with Crippen LogP contribution in [0.5, 0.6) is 0 Å². The van der Waals surface area contributed by atoms with E-state index in [1.807, 2.05) is 0 Å². The molecule has 0 aliphatic heterocycles. The summed E-state index contributed by atoms with van der Waals surface area (Å²) in [6.07, 6.45) is 0.00338. The summed E-state index contributed by atoms with van der Waals surface area (Å²) in [7, 11) is 1.19. The number of nitro benzene ring substituents is 1. The van der Waals surface area contributed by atoms with Gasteiger partial charge >= 0.3 is 5.97 Å². The summed E-state index contributed by atoms with van der Waals surface area (Å²) >= 11 is 0. The summed E-state index contributed by atoms with van der Waals surface area (Å²) in [6.45, 7) is 1.26. The number of esters is 1. The minimum atomic E-state index is -0.941. The predicted octanol–water partition coefficient (Wildman–Crippen LogP) is 0.815. The Morgan fingerprint density at radius 1 is 1.42 bits per heavy atom. The van der Waals surface area contributed by atoms with E-state index in [0.717, 1.165) is 0 Å². The number of ether oxygens (including phenoxy) is 1. The van der Waals surface area contributed by atoms with Gasteiger partial charge in [-0.2, -0.15) is 0 Å². The molecule has 0 radical (unpaired) electrons. The first-order valence-electron chi connectivity index (χ1n) is 5.53. The Hall–Kier alpha value is -2.44. The Balaban J connectivity index is 2.99. The Morgan fingerprint density at radius 2 is 2.05 bits per heavy atom. The van der Waals surface area contributed by atoms with Crippen molar-refractivity contribution < 1.29 is 19.2 Å². The van der Waals surface area contributed by atoms with E-state index >= 15 is 0 Å². The van der Waals surface area contributed by atoms with Gasteiger partial charge in [-0.25, -0.2) is 4.79 Å². The van der Waals surface area contributed by atoms with Crippen molar-refractivity contribution in [3.05, 3.63) is 39.9 Å². The number of rotatable bonds is 5. The number of hydrogen-bond acceptors (Lipinski definition) is 5. The van der Waals surface area contributed by atoms with Gasteiger partial charge in [-0.3, -0.25) is 14.9 Å². The summed E-state index contributed by atoms with van der Waals surface area (Å²) in [4.78, 5) is 32.9. The SMILES string of the molecule is COC(=O)C(Cc1ccccc1[N+](=O)[O-])NC(C)=O. The van der Waals surface area contributed by atoms with Crippen LogP contribution in [0.2, 0.25) is 0 Å². The van der Waals surface area contributed by atoms with E-state index in [2.05, 4.69) is 10.1 Å². The highest BCUT2D eigenvalue weighted by atomic mass is 16.6. The lowest BCUT2D eigenvalue weighted by atomic mass is 10.0. The lowest BCUT2D eigenvalue weighted by molar-refractivity contribution is -0.385. The van der Waals surface area contributed by atoms with Crippen LogP contribution in [0.3, 0.4) is 0 Å². The molecule has 0 aliphatic rings.